The number of hydrogen-bond acceptors (Lipinski definition) is 10. The summed E-state index contributed by atoms with van der Waals surface area (Å²) in [6, 6.07) is 39.5. The summed E-state index contributed by atoms with van der Waals surface area (Å²) in [5, 5.41) is 13.4. The smallest absolute Gasteiger partial charge is 0.253 e. The Hall–Kier alpha value is -8.80. The first-order valence-corrected chi connectivity index (χ1v) is 27.9. The van der Waals surface area contributed by atoms with Crippen LogP contribution in [0.15, 0.2) is 121 Å². The van der Waals surface area contributed by atoms with Gasteiger partial charge in [-0.1, -0.05) is 48.5 Å². The van der Waals surface area contributed by atoms with Gasteiger partial charge in [-0.15, -0.1) is 0 Å². The molecule has 16 heteroatoms. The number of aromatic nitrogens is 4. The van der Waals surface area contributed by atoms with Crippen LogP contribution in [-0.2, 0) is 0 Å². The van der Waals surface area contributed by atoms with Crippen molar-refractivity contribution in [1.82, 2.24) is 60.8 Å². The van der Waals surface area contributed by atoms with E-state index >= 15 is 0 Å². The van der Waals surface area contributed by atoms with E-state index in [0.717, 1.165) is 119 Å². The van der Waals surface area contributed by atoms with Gasteiger partial charge in [0.1, 0.15) is 0 Å². The van der Waals surface area contributed by atoms with Crippen LogP contribution >= 0.6 is 0 Å². The Morgan fingerprint density at radius 3 is 0.688 bits per heavy atom. The fraction of sp³-hybridized carbons (Fsp3) is 0.250. The minimum absolute atomic E-state index is 0.00179. The van der Waals surface area contributed by atoms with Gasteiger partial charge < -0.3 is 50.8 Å². The Labute approximate surface area is 463 Å². The molecule has 8 bridgehead atoms. The van der Waals surface area contributed by atoms with Gasteiger partial charge in [0.25, 0.3) is 23.6 Å². The highest BCUT2D eigenvalue weighted by Gasteiger charge is 2.25. The van der Waals surface area contributed by atoms with Crippen molar-refractivity contribution in [3.8, 4) is 44.5 Å². The maximum absolute atomic E-state index is 13.8. The van der Waals surface area contributed by atoms with E-state index in [1.54, 1.807) is 0 Å². The summed E-state index contributed by atoms with van der Waals surface area (Å²) in [7, 11) is 0. The first-order valence-electron chi connectivity index (χ1n) is 27.9. The highest BCUT2D eigenvalue weighted by molar-refractivity contribution is 6.03. The minimum atomic E-state index is 0.00179. The maximum Gasteiger partial charge on any atom is 0.253 e. The zero-order chi connectivity index (χ0) is 54.1. The molecule has 6 aliphatic rings. The average Bonchev–Trinajstić information content (AvgIpc) is 4.39. The van der Waals surface area contributed by atoms with Gasteiger partial charge in [0.05, 0.1) is 22.8 Å². The van der Waals surface area contributed by atoms with E-state index in [0.29, 0.717) is 97.4 Å². The van der Waals surface area contributed by atoms with Gasteiger partial charge in [-0.3, -0.25) is 19.2 Å². The van der Waals surface area contributed by atoms with Crippen LogP contribution in [0.3, 0.4) is 0 Å². The third-order valence-corrected chi connectivity index (χ3v) is 16.1. The number of nitrogens with zero attached hydrogens (tertiary/aromatic N) is 6. The van der Waals surface area contributed by atoms with Crippen molar-refractivity contribution in [2.75, 3.05) is 105 Å². The molecule has 4 aromatic carbocycles. The zero-order valence-corrected chi connectivity index (χ0v) is 44.5. The lowest BCUT2D eigenvalue weighted by molar-refractivity contribution is 0.0728. The van der Waals surface area contributed by atoms with Crippen LogP contribution in [0.25, 0.3) is 90.9 Å². The second-order valence-electron chi connectivity index (χ2n) is 21.0. The Balaban J connectivity index is 1.03. The number of piperazine rings is 4. The summed E-state index contributed by atoms with van der Waals surface area (Å²) in [4.78, 5) is 81.3. The predicted octanol–water partition coefficient (Wildman–Crippen LogP) is 7.51. The SMILES string of the molecule is O=C(c1ccc(-c2c3nc(c(-c4ccc(C(=O)N5CCNCC5)cc4)c4ccc([nH]4)c(-c4ccc(C(=O)N5CCNCC5)cc4)c4nc(c(-c5ccc(C(=O)N6CCNCC6)cc5)c5ccc2[nH]5)C=C4)C=C3)cc1)N1CCNCC1. The van der Waals surface area contributed by atoms with Crippen LogP contribution in [-0.4, -0.2) is 168 Å². The summed E-state index contributed by atoms with van der Waals surface area (Å²) >= 11 is 0. The topological polar surface area (TPSA) is 187 Å². The van der Waals surface area contributed by atoms with Crippen molar-refractivity contribution < 1.29 is 19.2 Å². The lowest BCUT2D eigenvalue weighted by atomic mass is 10.0. The molecule has 4 saturated heterocycles. The number of fused-ring (bicyclic) bond motifs is 8. The number of benzene rings is 4. The van der Waals surface area contributed by atoms with E-state index in [-0.39, 0.29) is 23.6 Å². The molecule has 0 unspecified atom stereocenters. The maximum atomic E-state index is 13.8. The van der Waals surface area contributed by atoms with Crippen molar-refractivity contribution >= 4 is 70.0 Å². The fourth-order valence-corrected chi connectivity index (χ4v) is 11.7. The Morgan fingerprint density at radius 1 is 0.287 bits per heavy atom. The summed E-state index contributed by atoms with van der Waals surface area (Å²) in [5.41, 5.74) is 15.3. The lowest BCUT2D eigenvalue weighted by Crippen LogP contribution is -2.46. The van der Waals surface area contributed by atoms with Crippen LogP contribution in [0.2, 0.25) is 0 Å². The number of nitrogens with one attached hydrogen (secondary N) is 6. The summed E-state index contributed by atoms with van der Waals surface area (Å²) in [5.74, 6) is 0.00718. The van der Waals surface area contributed by atoms with E-state index < -0.39 is 0 Å². The molecule has 6 aliphatic heterocycles. The van der Waals surface area contributed by atoms with Gasteiger partial charge in [-0.05, 0) is 119 Å². The first-order chi connectivity index (χ1) is 39.3. The van der Waals surface area contributed by atoms with Crippen molar-refractivity contribution in [1.29, 1.82) is 0 Å². The largest absolute Gasteiger partial charge is 0.354 e. The fourth-order valence-electron chi connectivity index (χ4n) is 11.7. The van der Waals surface area contributed by atoms with Crippen molar-refractivity contribution in [2.45, 2.75) is 0 Å². The normalized spacial score (nSPS) is 16.5. The monoisotopic (exact) mass is 1060 g/mol. The van der Waals surface area contributed by atoms with Crippen molar-refractivity contribution in [3.63, 3.8) is 0 Å². The third-order valence-electron chi connectivity index (χ3n) is 16.1. The van der Waals surface area contributed by atoms with E-state index in [4.69, 9.17) is 9.97 Å². The second-order valence-corrected chi connectivity index (χ2v) is 21.0. The molecule has 7 aromatic rings. The van der Waals surface area contributed by atoms with Crippen molar-refractivity contribution in [2.24, 2.45) is 0 Å². The lowest BCUT2D eigenvalue weighted by Gasteiger charge is -2.27. The molecule has 402 valence electrons. The molecule has 0 radical (unpaired) electrons. The number of hydrogen-bond donors (Lipinski definition) is 6. The van der Waals surface area contributed by atoms with Crippen LogP contribution in [0.5, 0.6) is 0 Å². The molecule has 0 aliphatic carbocycles. The van der Waals surface area contributed by atoms with Crippen molar-refractivity contribution in [3.05, 3.63) is 166 Å². The van der Waals surface area contributed by atoms with Crippen LogP contribution < -0.4 is 21.3 Å². The molecule has 9 heterocycles. The molecule has 0 spiro atoms. The molecule has 13 rings (SSSR count). The summed E-state index contributed by atoms with van der Waals surface area (Å²) in [6.07, 6.45) is 8.16. The van der Waals surface area contributed by atoms with Gasteiger partial charge in [0, 0.05) is 171 Å². The third kappa shape index (κ3) is 10.0. The molecule has 6 N–H and O–H groups in total. The highest BCUT2D eigenvalue weighted by Crippen LogP contribution is 2.39. The van der Waals surface area contributed by atoms with E-state index in [9.17, 15) is 19.2 Å². The Bertz CT molecular complexity index is 3280. The van der Waals surface area contributed by atoms with Crippen LogP contribution in [0.4, 0.5) is 0 Å². The van der Waals surface area contributed by atoms with Gasteiger partial charge in [0.15, 0.2) is 0 Å². The predicted molar refractivity (Wildman–Crippen MR) is 316 cm³/mol. The minimum Gasteiger partial charge on any atom is -0.354 e. The number of carbonyl (C=O) groups is 4. The average molecular weight is 1060 g/mol. The molecule has 4 amide bonds. The van der Waals surface area contributed by atoms with Crippen LogP contribution in [0, 0.1) is 0 Å². The number of amides is 4. The molecule has 0 saturated carbocycles. The highest BCUT2D eigenvalue weighted by atomic mass is 16.2. The second kappa shape index (κ2) is 22.1. The van der Waals surface area contributed by atoms with Crippen LogP contribution in [0.1, 0.15) is 64.2 Å². The zero-order valence-electron chi connectivity index (χ0n) is 44.5. The number of rotatable bonds is 8. The van der Waals surface area contributed by atoms with Gasteiger partial charge in [-0.25, -0.2) is 9.97 Å². The first kappa shape index (κ1) is 50.7. The number of H-pyrrole nitrogens is 2. The van der Waals surface area contributed by atoms with E-state index in [1.165, 1.54) is 0 Å². The molecule has 0 atom stereocenters. The molecule has 3 aromatic heterocycles. The Morgan fingerprint density at radius 2 is 0.487 bits per heavy atom. The number of aromatic amines is 2. The van der Waals surface area contributed by atoms with Gasteiger partial charge >= 0.3 is 0 Å². The molecular weight excluding hydrogens is 1000 g/mol. The number of carbonyl (C=O) groups excluding carboxylic acids is 4. The standard InChI is InChI=1S/C64H62N12O4/c77-61(73-33-25-65-26-34-73)45-9-1-41(2-10-45)57-49-17-19-51(69-49)58(42-3-11-46(12-4-42)62(78)74-35-27-66-28-36-74)53-21-23-55(71-53)60(44-7-15-48(16-8-44)64(80)76-39-31-68-32-40-76)56-24-22-54(72-56)59(52-20-18-50(57)70-52)43-5-13-47(14-6-43)63(79)75-37-29-67-30-38-75/h1-24,65-69,72H,25-40H2. The van der Waals surface area contributed by atoms with Gasteiger partial charge in [-0.2, -0.15) is 0 Å². The van der Waals surface area contributed by atoms with E-state index in [2.05, 4.69) is 55.5 Å². The molecule has 4 fully saturated rings. The molecule has 80 heavy (non-hydrogen) atoms. The summed E-state index contributed by atoms with van der Waals surface area (Å²) in [6.45, 7) is 11.3. The molecular formula is C64H62N12O4. The quantitative estimate of drug-likeness (QED) is 0.0890. The summed E-state index contributed by atoms with van der Waals surface area (Å²) < 4.78 is 0. The Kier molecular flexibility index (Phi) is 14.0. The van der Waals surface area contributed by atoms with Gasteiger partial charge in [0.2, 0.25) is 0 Å². The molecule has 16 nitrogen and oxygen atoms in total. The van der Waals surface area contributed by atoms with E-state index in [1.807, 2.05) is 141 Å².